The van der Waals surface area contributed by atoms with E-state index in [-0.39, 0.29) is 27.1 Å². The third-order valence-electron chi connectivity index (χ3n) is 4.12. The fourth-order valence-corrected chi connectivity index (χ4v) is 4.47. The summed E-state index contributed by atoms with van der Waals surface area (Å²) < 4.78 is 28.3. The van der Waals surface area contributed by atoms with E-state index in [1.807, 2.05) is 6.07 Å². The summed E-state index contributed by atoms with van der Waals surface area (Å²) in [7, 11) is -3.99. The number of hydrogen-bond donors (Lipinski definition) is 2. The molecule has 3 aromatic carbocycles. The maximum Gasteiger partial charge on any atom is 0.262 e. The lowest BCUT2D eigenvalue weighted by Gasteiger charge is -2.12. The summed E-state index contributed by atoms with van der Waals surface area (Å²) in [6, 6.07) is 14.2. The van der Waals surface area contributed by atoms with Gasteiger partial charge in [-0.25, -0.2) is 8.42 Å². The van der Waals surface area contributed by atoms with Crippen molar-refractivity contribution >= 4 is 49.7 Å². The number of halogens is 1. The smallest absolute Gasteiger partial charge is 0.262 e. The van der Waals surface area contributed by atoms with Gasteiger partial charge >= 0.3 is 0 Å². The van der Waals surface area contributed by atoms with Crippen LogP contribution in [-0.2, 0) is 10.0 Å². The van der Waals surface area contributed by atoms with Crippen molar-refractivity contribution in [2.24, 2.45) is 0 Å². The molecule has 6 nitrogen and oxygen atoms in total. The molecule has 128 valence electrons. The van der Waals surface area contributed by atoms with Crippen LogP contribution in [0.25, 0.3) is 10.8 Å². The van der Waals surface area contributed by atoms with Crippen LogP contribution in [0, 0.1) is 11.3 Å². The standard InChI is InChI=1S/C18H10ClN3O3S/c19-13-5-4-10(9-20)8-15(13)22-26(24,25)16-7-6-14-17-11(16)2-1-3-12(17)18(23)21-14/h1-8,22H,(H,21,23). The minimum absolute atomic E-state index is 0.0213. The minimum atomic E-state index is -3.99. The Balaban J connectivity index is 1.87. The molecule has 8 heteroatoms. The summed E-state index contributed by atoms with van der Waals surface area (Å²) in [6.45, 7) is 0. The molecular formula is C18H10ClN3O3S. The van der Waals surface area contributed by atoms with Crippen LogP contribution >= 0.6 is 11.6 Å². The van der Waals surface area contributed by atoms with Crippen LogP contribution in [0.15, 0.2) is 53.4 Å². The molecule has 0 bridgehead atoms. The second-order valence-electron chi connectivity index (χ2n) is 5.71. The number of sulfonamides is 1. The molecule has 0 radical (unpaired) electrons. The molecule has 0 saturated heterocycles. The first kappa shape index (κ1) is 16.4. The van der Waals surface area contributed by atoms with Crippen molar-refractivity contribution in [3.63, 3.8) is 0 Å². The maximum absolute atomic E-state index is 12.9. The van der Waals surface area contributed by atoms with Gasteiger partial charge in [0.25, 0.3) is 15.9 Å². The number of nitrogens with one attached hydrogen (secondary N) is 2. The largest absolute Gasteiger partial charge is 0.321 e. The molecule has 0 fully saturated rings. The monoisotopic (exact) mass is 383 g/mol. The van der Waals surface area contributed by atoms with Gasteiger partial charge in [-0.15, -0.1) is 0 Å². The van der Waals surface area contributed by atoms with Gasteiger partial charge in [0.1, 0.15) is 0 Å². The Morgan fingerprint density at radius 3 is 2.69 bits per heavy atom. The summed E-state index contributed by atoms with van der Waals surface area (Å²) in [6.07, 6.45) is 0. The lowest BCUT2D eigenvalue weighted by Crippen LogP contribution is -2.14. The van der Waals surface area contributed by atoms with E-state index in [1.165, 1.54) is 24.3 Å². The second-order valence-corrected chi connectivity index (χ2v) is 7.76. The molecule has 4 rings (SSSR count). The van der Waals surface area contributed by atoms with Crippen LogP contribution in [0.3, 0.4) is 0 Å². The summed E-state index contributed by atoms with van der Waals surface area (Å²) in [5.41, 5.74) is 1.40. The number of rotatable bonds is 3. The van der Waals surface area contributed by atoms with Gasteiger partial charge in [0.15, 0.2) is 0 Å². The molecule has 1 amide bonds. The zero-order valence-electron chi connectivity index (χ0n) is 13.1. The van der Waals surface area contributed by atoms with E-state index in [1.54, 1.807) is 24.3 Å². The van der Waals surface area contributed by atoms with Gasteiger partial charge in [-0.1, -0.05) is 23.7 Å². The van der Waals surface area contributed by atoms with Gasteiger partial charge in [0.2, 0.25) is 0 Å². The van der Waals surface area contributed by atoms with Crippen molar-refractivity contribution in [2.75, 3.05) is 10.0 Å². The van der Waals surface area contributed by atoms with Crippen LogP contribution in [-0.4, -0.2) is 14.3 Å². The number of carbonyl (C=O) groups excluding carboxylic acids is 1. The number of hydrogen-bond acceptors (Lipinski definition) is 4. The molecule has 1 aliphatic heterocycles. The summed E-state index contributed by atoms with van der Waals surface area (Å²) in [5.74, 6) is -0.266. The molecule has 0 aromatic heterocycles. The Morgan fingerprint density at radius 1 is 1.12 bits per heavy atom. The predicted octanol–water partition coefficient (Wildman–Crippen LogP) is 3.73. The zero-order chi connectivity index (χ0) is 18.5. The van der Waals surface area contributed by atoms with Crippen molar-refractivity contribution in [1.82, 2.24) is 0 Å². The first-order valence-corrected chi connectivity index (χ1v) is 9.36. The van der Waals surface area contributed by atoms with E-state index in [9.17, 15) is 13.2 Å². The van der Waals surface area contributed by atoms with Crippen molar-refractivity contribution < 1.29 is 13.2 Å². The quantitative estimate of drug-likeness (QED) is 0.719. The van der Waals surface area contributed by atoms with Crippen LogP contribution in [0.5, 0.6) is 0 Å². The highest BCUT2D eigenvalue weighted by Gasteiger charge is 2.26. The average Bonchev–Trinajstić information content (AvgIpc) is 2.94. The van der Waals surface area contributed by atoms with E-state index in [0.717, 1.165) is 0 Å². The Hall–Kier alpha value is -3.08. The number of nitriles is 1. The first-order valence-electron chi connectivity index (χ1n) is 7.50. The van der Waals surface area contributed by atoms with Crippen LogP contribution in [0.4, 0.5) is 11.4 Å². The minimum Gasteiger partial charge on any atom is -0.321 e. The second kappa shape index (κ2) is 5.73. The van der Waals surface area contributed by atoms with Crippen molar-refractivity contribution in [1.29, 1.82) is 5.26 Å². The van der Waals surface area contributed by atoms with Crippen molar-refractivity contribution in [3.05, 3.63) is 64.7 Å². The average molecular weight is 384 g/mol. The van der Waals surface area contributed by atoms with Gasteiger partial charge in [-0.05, 0) is 36.4 Å². The summed E-state index contributed by atoms with van der Waals surface area (Å²) in [4.78, 5) is 12.0. The number of nitrogens with zero attached hydrogens (tertiary/aromatic N) is 1. The highest BCUT2D eigenvalue weighted by Crippen LogP contribution is 2.37. The van der Waals surface area contributed by atoms with Crippen LogP contribution in [0.2, 0.25) is 5.02 Å². The van der Waals surface area contributed by atoms with Crippen LogP contribution < -0.4 is 10.0 Å². The molecule has 1 heterocycles. The molecule has 0 unspecified atom stereocenters. The molecule has 0 atom stereocenters. The third kappa shape index (κ3) is 2.47. The molecule has 1 aliphatic rings. The molecule has 26 heavy (non-hydrogen) atoms. The highest BCUT2D eigenvalue weighted by molar-refractivity contribution is 7.93. The topological polar surface area (TPSA) is 99.1 Å². The molecule has 0 spiro atoms. The fourth-order valence-electron chi connectivity index (χ4n) is 2.97. The van der Waals surface area contributed by atoms with E-state index in [0.29, 0.717) is 22.0 Å². The van der Waals surface area contributed by atoms with E-state index in [2.05, 4.69) is 10.0 Å². The Morgan fingerprint density at radius 2 is 1.92 bits per heavy atom. The first-order chi connectivity index (χ1) is 12.4. The fraction of sp³-hybridized carbons (Fsp3) is 0. The molecule has 3 aromatic rings. The SMILES string of the molecule is N#Cc1ccc(Cl)c(NS(=O)(=O)c2ccc3c4c(cccc24)C(=O)N3)c1. The van der Waals surface area contributed by atoms with Crippen LogP contribution in [0.1, 0.15) is 15.9 Å². The summed E-state index contributed by atoms with van der Waals surface area (Å²) in [5, 5.41) is 12.9. The molecular weight excluding hydrogens is 374 g/mol. The molecule has 2 N–H and O–H groups in total. The Bertz CT molecular complexity index is 1250. The lowest BCUT2D eigenvalue weighted by molar-refractivity contribution is 0.103. The van der Waals surface area contributed by atoms with Gasteiger partial charge in [0.05, 0.1) is 27.2 Å². The Kier molecular flexibility index (Phi) is 3.61. The number of anilines is 2. The normalized spacial score (nSPS) is 12.7. The van der Waals surface area contributed by atoms with E-state index in [4.69, 9.17) is 16.9 Å². The van der Waals surface area contributed by atoms with Gasteiger partial charge < -0.3 is 5.32 Å². The predicted molar refractivity (Wildman–Crippen MR) is 98.9 cm³/mol. The van der Waals surface area contributed by atoms with E-state index < -0.39 is 10.0 Å². The maximum atomic E-state index is 12.9. The number of benzene rings is 3. The van der Waals surface area contributed by atoms with Crippen molar-refractivity contribution in [2.45, 2.75) is 4.90 Å². The van der Waals surface area contributed by atoms with Gasteiger partial charge in [-0.3, -0.25) is 9.52 Å². The van der Waals surface area contributed by atoms with Crippen molar-refractivity contribution in [3.8, 4) is 6.07 Å². The Labute approximate surface area is 154 Å². The number of amides is 1. The zero-order valence-corrected chi connectivity index (χ0v) is 14.6. The number of carbonyl (C=O) groups is 1. The highest BCUT2D eigenvalue weighted by atomic mass is 35.5. The third-order valence-corrected chi connectivity index (χ3v) is 5.88. The lowest BCUT2D eigenvalue weighted by atomic mass is 10.1. The van der Waals surface area contributed by atoms with Gasteiger partial charge in [-0.2, -0.15) is 5.26 Å². The van der Waals surface area contributed by atoms with E-state index >= 15 is 0 Å². The summed E-state index contributed by atoms with van der Waals surface area (Å²) >= 11 is 6.05. The molecule has 0 saturated carbocycles. The van der Waals surface area contributed by atoms with Gasteiger partial charge in [0, 0.05) is 22.0 Å². The molecule has 0 aliphatic carbocycles.